The smallest absolute Gasteiger partial charge is 0.409 e. The highest BCUT2D eigenvalue weighted by Crippen LogP contribution is 2.61. The fourth-order valence-corrected chi connectivity index (χ4v) is 6.62. The van der Waals surface area contributed by atoms with Gasteiger partial charge >= 0.3 is 6.09 Å². The number of carbonyl (C=O) groups is 3. The first-order chi connectivity index (χ1) is 14.5. The lowest BCUT2D eigenvalue weighted by Crippen LogP contribution is -2.52. The molecule has 1 heterocycles. The highest BCUT2D eigenvalue weighted by Gasteiger charge is 2.51. The van der Waals surface area contributed by atoms with Gasteiger partial charge in [-0.15, -0.1) is 0 Å². The predicted molar refractivity (Wildman–Crippen MR) is 113 cm³/mol. The van der Waals surface area contributed by atoms with Gasteiger partial charge < -0.3 is 19.9 Å². The zero-order valence-corrected chi connectivity index (χ0v) is 18.4. The van der Waals surface area contributed by atoms with E-state index in [1.54, 1.807) is 16.7 Å². The summed E-state index contributed by atoms with van der Waals surface area (Å²) in [7, 11) is 0. The number of ether oxygens (including phenoxy) is 1. The summed E-state index contributed by atoms with van der Waals surface area (Å²) in [5, 5.41) is 2.61. The Kier molecular flexibility index (Phi) is 6.54. The molecular weight excluding hydrogens is 382 g/mol. The Bertz CT molecular complexity index is 657. The van der Waals surface area contributed by atoms with Crippen LogP contribution in [0.5, 0.6) is 0 Å². The zero-order valence-electron chi connectivity index (χ0n) is 18.4. The first-order valence-corrected chi connectivity index (χ1v) is 11.9. The van der Waals surface area contributed by atoms with E-state index in [4.69, 9.17) is 4.74 Å². The maximum Gasteiger partial charge on any atom is 0.409 e. The summed E-state index contributed by atoms with van der Waals surface area (Å²) < 4.78 is 5.67. The quantitative estimate of drug-likeness (QED) is 0.718. The van der Waals surface area contributed by atoms with E-state index in [2.05, 4.69) is 5.32 Å². The number of hydrogen-bond acceptors (Lipinski definition) is 4. The van der Waals surface area contributed by atoms with Crippen LogP contribution in [0.2, 0.25) is 0 Å². The molecule has 0 spiro atoms. The third kappa shape index (κ3) is 4.75. The molecule has 7 heteroatoms. The standard InChI is InChI=1S/C23H37N3O4/c1-2-20(27)24-16-21(28)25-7-9-26(10-8-25)22(29)30-11-6-23-13-17-4-3-5-18(14-23)19(12-17)15-23/h17-19H,2-16H2,1H3,(H,24,27). The van der Waals surface area contributed by atoms with E-state index in [9.17, 15) is 14.4 Å². The molecule has 1 saturated heterocycles. The normalized spacial score (nSPS) is 32.6. The van der Waals surface area contributed by atoms with Gasteiger partial charge in [-0.25, -0.2) is 4.79 Å². The minimum atomic E-state index is -0.247. The molecule has 1 N–H and O–H groups in total. The molecule has 4 aliphatic rings. The molecule has 0 aromatic carbocycles. The first-order valence-electron chi connectivity index (χ1n) is 11.9. The molecule has 4 atom stereocenters. The van der Waals surface area contributed by atoms with E-state index in [1.165, 1.54) is 44.9 Å². The topological polar surface area (TPSA) is 79.0 Å². The van der Waals surface area contributed by atoms with Crippen molar-refractivity contribution in [3.05, 3.63) is 0 Å². The average Bonchev–Trinajstić information content (AvgIpc) is 2.91. The highest BCUT2D eigenvalue weighted by atomic mass is 16.6. The van der Waals surface area contributed by atoms with Crippen LogP contribution in [-0.2, 0) is 14.3 Å². The van der Waals surface area contributed by atoms with Crippen LogP contribution in [0.3, 0.4) is 0 Å². The Morgan fingerprint density at radius 3 is 2.50 bits per heavy atom. The van der Waals surface area contributed by atoms with Crippen LogP contribution < -0.4 is 5.32 Å². The minimum absolute atomic E-state index is 0.0299. The highest BCUT2D eigenvalue weighted by molar-refractivity contribution is 5.84. The molecule has 1 aliphatic heterocycles. The maximum absolute atomic E-state index is 12.5. The molecule has 168 valence electrons. The second-order valence-electron chi connectivity index (χ2n) is 10.0. The van der Waals surface area contributed by atoms with Crippen molar-refractivity contribution in [1.29, 1.82) is 0 Å². The SMILES string of the molecule is CCC(=O)NCC(=O)N1CCN(C(=O)OCCC23CC4CCCC(C2)C(C4)C3)CC1. The minimum Gasteiger partial charge on any atom is -0.449 e. The van der Waals surface area contributed by atoms with Crippen LogP contribution in [0, 0.1) is 23.2 Å². The number of rotatable bonds is 6. The monoisotopic (exact) mass is 419 g/mol. The molecule has 4 rings (SSSR count). The molecule has 3 bridgehead atoms. The summed E-state index contributed by atoms with van der Waals surface area (Å²) in [5.41, 5.74) is 0.424. The van der Waals surface area contributed by atoms with Crippen LogP contribution in [0.1, 0.15) is 64.7 Å². The molecule has 30 heavy (non-hydrogen) atoms. The number of fused-ring (bicyclic) bond motifs is 2. The van der Waals surface area contributed by atoms with E-state index in [0.29, 0.717) is 44.6 Å². The van der Waals surface area contributed by atoms with Gasteiger partial charge in [0.1, 0.15) is 0 Å². The van der Waals surface area contributed by atoms with Crippen molar-refractivity contribution >= 4 is 17.9 Å². The molecular formula is C23H37N3O4. The molecule has 3 amide bonds. The molecule has 4 unspecified atom stereocenters. The van der Waals surface area contributed by atoms with Crippen LogP contribution in [-0.4, -0.2) is 67.0 Å². The fraction of sp³-hybridized carbons (Fsp3) is 0.870. The van der Waals surface area contributed by atoms with Crippen molar-refractivity contribution in [1.82, 2.24) is 15.1 Å². The molecule has 0 aromatic rings. The Hall–Kier alpha value is -1.79. The van der Waals surface area contributed by atoms with Gasteiger partial charge in [-0.1, -0.05) is 26.2 Å². The van der Waals surface area contributed by atoms with Crippen molar-refractivity contribution in [3.8, 4) is 0 Å². The summed E-state index contributed by atoms with van der Waals surface area (Å²) in [4.78, 5) is 39.4. The molecule has 0 aromatic heterocycles. The van der Waals surface area contributed by atoms with E-state index in [-0.39, 0.29) is 24.5 Å². The lowest BCUT2D eigenvalue weighted by Gasteiger charge is -2.38. The lowest BCUT2D eigenvalue weighted by molar-refractivity contribution is -0.134. The van der Waals surface area contributed by atoms with Crippen molar-refractivity contribution in [3.63, 3.8) is 0 Å². The van der Waals surface area contributed by atoms with Gasteiger partial charge in [0.25, 0.3) is 0 Å². The molecule has 3 saturated carbocycles. The molecule has 3 aliphatic carbocycles. The van der Waals surface area contributed by atoms with Gasteiger partial charge in [-0.2, -0.15) is 0 Å². The fourth-order valence-electron chi connectivity index (χ4n) is 6.62. The Morgan fingerprint density at radius 2 is 1.73 bits per heavy atom. The molecule has 4 fully saturated rings. The predicted octanol–water partition coefficient (Wildman–Crippen LogP) is 2.79. The van der Waals surface area contributed by atoms with Gasteiger partial charge in [0.05, 0.1) is 13.2 Å². The van der Waals surface area contributed by atoms with E-state index in [1.807, 2.05) is 0 Å². The van der Waals surface area contributed by atoms with Crippen molar-refractivity contribution < 1.29 is 19.1 Å². The van der Waals surface area contributed by atoms with Crippen molar-refractivity contribution in [2.75, 3.05) is 39.3 Å². The second kappa shape index (κ2) is 9.15. The van der Waals surface area contributed by atoms with Gasteiger partial charge in [0.2, 0.25) is 11.8 Å². The Balaban J connectivity index is 1.17. The Morgan fingerprint density at radius 1 is 1.00 bits per heavy atom. The van der Waals surface area contributed by atoms with Gasteiger partial charge in [-0.3, -0.25) is 9.59 Å². The Labute approximate surface area is 179 Å². The third-order valence-electron chi connectivity index (χ3n) is 8.11. The third-order valence-corrected chi connectivity index (χ3v) is 8.11. The number of amides is 3. The van der Waals surface area contributed by atoms with Crippen LogP contribution in [0.4, 0.5) is 4.79 Å². The molecule has 7 nitrogen and oxygen atoms in total. The summed E-state index contributed by atoms with van der Waals surface area (Å²) >= 11 is 0. The summed E-state index contributed by atoms with van der Waals surface area (Å²) in [6, 6.07) is 0. The number of nitrogens with zero attached hydrogens (tertiary/aromatic N) is 2. The number of piperazine rings is 1. The second-order valence-corrected chi connectivity index (χ2v) is 10.0. The van der Waals surface area contributed by atoms with Crippen LogP contribution >= 0.6 is 0 Å². The zero-order chi connectivity index (χ0) is 21.1. The lowest BCUT2D eigenvalue weighted by atomic mass is 9.68. The van der Waals surface area contributed by atoms with Gasteiger partial charge in [0.15, 0.2) is 0 Å². The van der Waals surface area contributed by atoms with Crippen LogP contribution in [0.25, 0.3) is 0 Å². The maximum atomic E-state index is 12.5. The molecule has 0 radical (unpaired) electrons. The first kappa shape index (κ1) is 21.4. The number of carbonyl (C=O) groups excluding carboxylic acids is 3. The van der Waals surface area contributed by atoms with Crippen molar-refractivity contribution in [2.24, 2.45) is 23.2 Å². The van der Waals surface area contributed by atoms with Crippen LogP contribution in [0.15, 0.2) is 0 Å². The average molecular weight is 420 g/mol. The van der Waals surface area contributed by atoms with E-state index < -0.39 is 0 Å². The summed E-state index contributed by atoms with van der Waals surface area (Å²) in [6.07, 6.45) is 10.8. The summed E-state index contributed by atoms with van der Waals surface area (Å²) in [5.74, 6) is 2.53. The summed E-state index contributed by atoms with van der Waals surface area (Å²) in [6.45, 7) is 4.27. The largest absolute Gasteiger partial charge is 0.449 e. The number of hydrogen-bond donors (Lipinski definition) is 1. The number of nitrogens with one attached hydrogen (secondary N) is 1. The van der Waals surface area contributed by atoms with E-state index in [0.717, 1.165) is 24.2 Å². The van der Waals surface area contributed by atoms with Crippen molar-refractivity contribution in [2.45, 2.75) is 64.7 Å². The van der Waals surface area contributed by atoms with Gasteiger partial charge in [0, 0.05) is 32.6 Å². The van der Waals surface area contributed by atoms with Gasteiger partial charge in [-0.05, 0) is 55.3 Å². The van der Waals surface area contributed by atoms with E-state index >= 15 is 0 Å².